The highest BCUT2D eigenvalue weighted by molar-refractivity contribution is 7.99. The van der Waals surface area contributed by atoms with Gasteiger partial charge in [0.15, 0.2) is 0 Å². The fourth-order valence-electron chi connectivity index (χ4n) is 3.17. The van der Waals surface area contributed by atoms with E-state index in [2.05, 4.69) is 63.8 Å². The first-order valence-electron chi connectivity index (χ1n) is 7.49. The summed E-state index contributed by atoms with van der Waals surface area (Å²) in [5.74, 6) is 1.89. The smallest absolute Gasteiger partial charge is 0.0448 e. The largest absolute Gasteiger partial charge is 0.309 e. The second-order valence-electron chi connectivity index (χ2n) is 6.11. The van der Waals surface area contributed by atoms with Gasteiger partial charge < -0.3 is 5.32 Å². The Labute approximate surface area is 122 Å². The van der Waals surface area contributed by atoms with Gasteiger partial charge in [-0.05, 0) is 49.4 Å². The third-order valence-corrected chi connectivity index (χ3v) is 5.64. The first-order valence-corrected chi connectivity index (χ1v) is 8.54. The van der Waals surface area contributed by atoms with Crippen molar-refractivity contribution in [2.75, 3.05) is 6.54 Å². The van der Waals surface area contributed by atoms with Crippen molar-refractivity contribution in [2.45, 2.75) is 58.1 Å². The van der Waals surface area contributed by atoms with Crippen molar-refractivity contribution < 1.29 is 0 Å². The Kier molecular flexibility index (Phi) is 4.97. The van der Waals surface area contributed by atoms with Crippen molar-refractivity contribution in [2.24, 2.45) is 5.92 Å². The number of benzene rings is 1. The van der Waals surface area contributed by atoms with Crippen molar-refractivity contribution in [1.29, 1.82) is 0 Å². The predicted octanol–water partition coefficient (Wildman–Crippen LogP) is 4.62. The highest BCUT2D eigenvalue weighted by Gasteiger charge is 2.32. The second-order valence-corrected chi connectivity index (χ2v) is 7.27. The quantitative estimate of drug-likeness (QED) is 0.862. The summed E-state index contributed by atoms with van der Waals surface area (Å²) >= 11 is 2.13. The molecular formula is C17H27NS. The Hall–Kier alpha value is -0.470. The molecule has 2 heteroatoms. The number of rotatable bonds is 4. The van der Waals surface area contributed by atoms with E-state index in [0.29, 0.717) is 17.2 Å². The molecule has 0 amide bonds. The van der Waals surface area contributed by atoms with Crippen LogP contribution in [-0.2, 0) is 5.75 Å². The average molecular weight is 277 g/mol. The molecule has 1 aliphatic rings. The Morgan fingerprint density at radius 2 is 2.05 bits per heavy atom. The van der Waals surface area contributed by atoms with E-state index in [1.807, 2.05) is 0 Å². The Morgan fingerprint density at radius 1 is 1.32 bits per heavy atom. The summed E-state index contributed by atoms with van der Waals surface area (Å²) in [6.45, 7) is 12.6. The summed E-state index contributed by atoms with van der Waals surface area (Å²) in [6, 6.07) is 5.24. The molecule has 0 saturated carbocycles. The molecule has 1 nitrogen and oxygen atoms in total. The zero-order valence-electron chi connectivity index (χ0n) is 12.9. The van der Waals surface area contributed by atoms with E-state index in [0.717, 1.165) is 6.54 Å². The van der Waals surface area contributed by atoms with Crippen LogP contribution in [0.15, 0.2) is 12.1 Å². The predicted molar refractivity (Wildman–Crippen MR) is 86.9 cm³/mol. The molecule has 0 radical (unpaired) electrons. The van der Waals surface area contributed by atoms with Gasteiger partial charge in [0.25, 0.3) is 0 Å². The van der Waals surface area contributed by atoms with Gasteiger partial charge in [-0.15, -0.1) is 0 Å². The molecule has 19 heavy (non-hydrogen) atoms. The van der Waals surface area contributed by atoms with E-state index < -0.39 is 0 Å². The minimum atomic E-state index is 0.522. The molecule has 2 unspecified atom stereocenters. The molecule has 0 aromatic heterocycles. The van der Waals surface area contributed by atoms with Gasteiger partial charge in [0, 0.05) is 17.0 Å². The molecule has 1 aromatic rings. The number of fused-ring (bicyclic) bond motifs is 1. The number of aryl methyl sites for hydroxylation is 2. The number of nitrogens with one attached hydrogen (secondary N) is 1. The van der Waals surface area contributed by atoms with Crippen molar-refractivity contribution in [3.05, 3.63) is 34.4 Å². The summed E-state index contributed by atoms with van der Waals surface area (Å²) in [5, 5.41) is 4.49. The average Bonchev–Trinajstić information content (AvgIpc) is 2.34. The van der Waals surface area contributed by atoms with E-state index in [4.69, 9.17) is 0 Å². The lowest BCUT2D eigenvalue weighted by Gasteiger charge is -2.37. The highest BCUT2D eigenvalue weighted by atomic mass is 32.2. The van der Waals surface area contributed by atoms with Crippen LogP contribution in [-0.4, -0.2) is 11.8 Å². The fourth-order valence-corrected chi connectivity index (χ4v) is 4.59. The zero-order chi connectivity index (χ0) is 14.0. The Morgan fingerprint density at radius 3 is 2.68 bits per heavy atom. The van der Waals surface area contributed by atoms with E-state index in [1.54, 1.807) is 11.1 Å². The molecule has 106 valence electrons. The molecule has 1 aliphatic heterocycles. The van der Waals surface area contributed by atoms with Crippen LogP contribution >= 0.6 is 11.8 Å². The molecule has 0 fully saturated rings. The molecule has 2 rings (SSSR count). The molecule has 1 heterocycles. The van der Waals surface area contributed by atoms with Crippen molar-refractivity contribution in [1.82, 2.24) is 5.32 Å². The van der Waals surface area contributed by atoms with Crippen LogP contribution in [0, 0.1) is 19.8 Å². The van der Waals surface area contributed by atoms with Crippen molar-refractivity contribution in [3.63, 3.8) is 0 Å². The normalized spacial score (nSPS) is 22.6. The van der Waals surface area contributed by atoms with Gasteiger partial charge in [-0.3, -0.25) is 0 Å². The third-order valence-electron chi connectivity index (χ3n) is 3.96. The minimum absolute atomic E-state index is 0.522. The topological polar surface area (TPSA) is 12.0 Å². The van der Waals surface area contributed by atoms with Gasteiger partial charge in [0.1, 0.15) is 0 Å². The van der Waals surface area contributed by atoms with E-state index in [1.165, 1.54) is 23.3 Å². The van der Waals surface area contributed by atoms with Crippen LogP contribution in [0.4, 0.5) is 0 Å². The van der Waals surface area contributed by atoms with E-state index >= 15 is 0 Å². The van der Waals surface area contributed by atoms with Crippen molar-refractivity contribution in [3.8, 4) is 0 Å². The van der Waals surface area contributed by atoms with Crippen LogP contribution in [0.5, 0.6) is 0 Å². The van der Waals surface area contributed by atoms with Crippen LogP contribution in [0.1, 0.15) is 55.5 Å². The molecule has 0 bridgehead atoms. The molecule has 0 saturated heterocycles. The maximum atomic E-state index is 3.80. The fraction of sp³-hybridized carbons (Fsp3) is 0.647. The zero-order valence-corrected chi connectivity index (χ0v) is 13.7. The first kappa shape index (κ1) is 14.9. The summed E-state index contributed by atoms with van der Waals surface area (Å²) in [5.41, 5.74) is 5.99. The standard InChI is InChI=1S/C17H27NS/c1-6-7-18-16-15-13(5)8-12(4)9-14(15)10-19-17(16)11(2)3/h8-9,11,16-18H,6-7,10H2,1-5H3. The van der Waals surface area contributed by atoms with Gasteiger partial charge in [-0.1, -0.05) is 38.5 Å². The molecule has 1 aromatic carbocycles. The van der Waals surface area contributed by atoms with Gasteiger partial charge in [-0.2, -0.15) is 11.8 Å². The van der Waals surface area contributed by atoms with Gasteiger partial charge >= 0.3 is 0 Å². The monoisotopic (exact) mass is 277 g/mol. The lowest BCUT2D eigenvalue weighted by Crippen LogP contribution is -2.37. The summed E-state index contributed by atoms with van der Waals surface area (Å²) in [6.07, 6.45) is 1.20. The Balaban J connectivity index is 2.39. The molecule has 0 spiro atoms. The molecular weight excluding hydrogens is 250 g/mol. The van der Waals surface area contributed by atoms with Gasteiger partial charge in [0.2, 0.25) is 0 Å². The SMILES string of the molecule is CCCNC1c2c(C)cc(C)cc2CSC1C(C)C. The molecule has 0 aliphatic carbocycles. The highest BCUT2D eigenvalue weighted by Crippen LogP contribution is 2.42. The lowest BCUT2D eigenvalue weighted by atomic mass is 9.88. The number of hydrogen-bond acceptors (Lipinski definition) is 2. The second kappa shape index (κ2) is 6.32. The number of thioether (sulfide) groups is 1. The maximum absolute atomic E-state index is 3.80. The third kappa shape index (κ3) is 3.17. The van der Waals surface area contributed by atoms with Gasteiger partial charge in [0.05, 0.1) is 0 Å². The summed E-state index contributed by atoms with van der Waals surface area (Å²) in [7, 11) is 0. The summed E-state index contributed by atoms with van der Waals surface area (Å²) in [4.78, 5) is 0. The Bertz CT molecular complexity index is 439. The lowest BCUT2D eigenvalue weighted by molar-refractivity contribution is 0.437. The minimum Gasteiger partial charge on any atom is -0.309 e. The van der Waals surface area contributed by atoms with Crippen LogP contribution in [0.3, 0.4) is 0 Å². The maximum Gasteiger partial charge on any atom is 0.0448 e. The van der Waals surface area contributed by atoms with Crippen LogP contribution in [0.25, 0.3) is 0 Å². The van der Waals surface area contributed by atoms with E-state index in [-0.39, 0.29) is 0 Å². The van der Waals surface area contributed by atoms with E-state index in [9.17, 15) is 0 Å². The molecule has 2 atom stereocenters. The van der Waals surface area contributed by atoms with Crippen LogP contribution in [0.2, 0.25) is 0 Å². The first-order chi connectivity index (χ1) is 9.04. The van der Waals surface area contributed by atoms with Crippen LogP contribution < -0.4 is 5.32 Å². The van der Waals surface area contributed by atoms with Gasteiger partial charge in [-0.25, -0.2) is 0 Å². The van der Waals surface area contributed by atoms with Crippen molar-refractivity contribution >= 4 is 11.8 Å². The number of hydrogen-bond donors (Lipinski definition) is 1. The summed E-state index contributed by atoms with van der Waals surface area (Å²) < 4.78 is 0. The molecule has 1 N–H and O–H groups in total.